The van der Waals surface area contributed by atoms with Gasteiger partial charge in [0.05, 0.1) is 0 Å². The Labute approximate surface area is 88.1 Å². The molecule has 0 heterocycles. The smallest absolute Gasteiger partial charge is 0.261 e. The molecule has 0 aromatic heterocycles. The van der Waals surface area contributed by atoms with Crippen molar-refractivity contribution in [2.75, 3.05) is 0 Å². The molecule has 1 aliphatic rings. The maximum Gasteiger partial charge on any atom is 0.261 e. The fourth-order valence-corrected chi connectivity index (χ4v) is 2.80. The van der Waals surface area contributed by atoms with Gasteiger partial charge in [0.25, 0.3) is 5.91 Å². The van der Waals surface area contributed by atoms with E-state index in [1.807, 2.05) is 0 Å². The summed E-state index contributed by atoms with van der Waals surface area (Å²) in [6.07, 6.45) is 3.86. The standard InChI is InChI=1S/C7H11Br2NO2/c8-5-3-1-2-4-7(5,9)6(11)10-12/h5,12H,1-4H2,(H,10,11). The second kappa shape index (κ2) is 4.07. The molecule has 0 spiro atoms. The molecule has 5 heteroatoms. The summed E-state index contributed by atoms with van der Waals surface area (Å²) in [6, 6.07) is 0. The second-order valence-electron chi connectivity index (χ2n) is 3.02. The molecule has 0 aromatic rings. The lowest BCUT2D eigenvalue weighted by atomic mass is 9.88. The number of hydroxylamine groups is 1. The molecule has 70 valence electrons. The van der Waals surface area contributed by atoms with Crippen LogP contribution >= 0.6 is 31.9 Å². The Balaban J connectivity index is 2.72. The van der Waals surface area contributed by atoms with Crippen molar-refractivity contribution in [3.63, 3.8) is 0 Å². The maximum absolute atomic E-state index is 11.3. The molecule has 0 aromatic carbocycles. The molecule has 0 bridgehead atoms. The van der Waals surface area contributed by atoms with E-state index >= 15 is 0 Å². The highest BCUT2D eigenvalue weighted by atomic mass is 79.9. The number of nitrogens with one attached hydrogen (secondary N) is 1. The molecule has 1 rings (SSSR count). The molecule has 1 saturated carbocycles. The van der Waals surface area contributed by atoms with Gasteiger partial charge in [-0.3, -0.25) is 10.0 Å². The van der Waals surface area contributed by atoms with Gasteiger partial charge in [-0.2, -0.15) is 0 Å². The number of hydrogen-bond donors (Lipinski definition) is 2. The van der Waals surface area contributed by atoms with E-state index in [0.29, 0.717) is 0 Å². The van der Waals surface area contributed by atoms with Crippen LogP contribution in [0.25, 0.3) is 0 Å². The number of carbonyl (C=O) groups is 1. The minimum absolute atomic E-state index is 0.103. The van der Waals surface area contributed by atoms with E-state index < -0.39 is 4.32 Å². The van der Waals surface area contributed by atoms with Crippen molar-refractivity contribution in [3.05, 3.63) is 0 Å². The summed E-state index contributed by atoms with van der Waals surface area (Å²) >= 11 is 6.80. The Hall–Kier alpha value is 0.390. The molecule has 3 nitrogen and oxygen atoms in total. The summed E-state index contributed by atoms with van der Waals surface area (Å²) in [7, 11) is 0. The van der Waals surface area contributed by atoms with Gasteiger partial charge in [-0.25, -0.2) is 5.48 Å². The van der Waals surface area contributed by atoms with Crippen LogP contribution in [-0.2, 0) is 4.79 Å². The van der Waals surface area contributed by atoms with Crippen LogP contribution in [0.4, 0.5) is 0 Å². The van der Waals surface area contributed by atoms with Gasteiger partial charge in [0.1, 0.15) is 4.32 Å². The second-order valence-corrected chi connectivity index (χ2v) is 5.54. The van der Waals surface area contributed by atoms with E-state index in [4.69, 9.17) is 5.21 Å². The van der Waals surface area contributed by atoms with E-state index in [1.165, 1.54) is 0 Å². The third-order valence-corrected chi connectivity index (χ3v) is 5.39. The third-order valence-electron chi connectivity index (χ3n) is 2.22. The zero-order chi connectivity index (χ0) is 9.19. The van der Waals surface area contributed by atoms with Gasteiger partial charge in [0.2, 0.25) is 0 Å². The average molecular weight is 301 g/mol. The van der Waals surface area contributed by atoms with Crippen molar-refractivity contribution in [1.29, 1.82) is 0 Å². The van der Waals surface area contributed by atoms with Gasteiger partial charge in [-0.05, 0) is 12.8 Å². The van der Waals surface area contributed by atoms with Gasteiger partial charge in [0.15, 0.2) is 0 Å². The molecule has 2 unspecified atom stereocenters. The Morgan fingerprint density at radius 1 is 1.58 bits per heavy atom. The fraction of sp³-hybridized carbons (Fsp3) is 0.857. The summed E-state index contributed by atoms with van der Waals surface area (Å²) in [6.45, 7) is 0. The third kappa shape index (κ3) is 1.83. The predicted molar refractivity (Wildman–Crippen MR) is 52.8 cm³/mol. The van der Waals surface area contributed by atoms with E-state index in [9.17, 15) is 4.79 Å². The van der Waals surface area contributed by atoms with E-state index in [0.717, 1.165) is 25.7 Å². The number of hydrogen-bond acceptors (Lipinski definition) is 2. The van der Waals surface area contributed by atoms with Crippen LogP contribution in [0, 0.1) is 0 Å². The monoisotopic (exact) mass is 299 g/mol. The maximum atomic E-state index is 11.3. The first-order valence-electron chi connectivity index (χ1n) is 3.89. The molecule has 1 aliphatic carbocycles. The molecular formula is C7H11Br2NO2. The van der Waals surface area contributed by atoms with E-state index in [-0.39, 0.29) is 10.7 Å². The fourth-order valence-electron chi connectivity index (χ4n) is 1.44. The number of halogens is 2. The highest BCUT2D eigenvalue weighted by Gasteiger charge is 2.43. The van der Waals surface area contributed by atoms with Crippen LogP contribution in [-0.4, -0.2) is 20.3 Å². The van der Waals surface area contributed by atoms with Crippen molar-refractivity contribution in [2.24, 2.45) is 0 Å². The molecule has 0 saturated heterocycles. The number of carbonyl (C=O) groups excluding carboxylic acids is 1. The molecule has 0 aliphatic heterocycles. The predicted octanol–water partition coefficient (Wildman–Crippen LogP) is 1.96. The van der Waals surface area contributed by atoms with Crippen LogP contribution in [0.1, 0.15) is 25.7 Å². The molecular weight excluding hydrogens is 290 g/mol. The molecule has 1 amide bonds. The van der Waals surface area contributed by atoms with Crippen molar-refractivity contribution in [2.45, 2.75) is 34.8 Å². The zero-order valence-electron chi connectivity index (χ0n) is 6.52. The SMILES string of the molecule is O=C(NO)C1(Br)CCCCC1Br. The summed E-state index contributed by atoms with van der Waals surface area (Å²) in [5.41, 5.74) is 1.69. The first-order chi connectivity index (χ1) is 5.61. The van der Waals surface area contributed by atoms with Crippen LogP contribution in [0.2, 0.25) is 0 Å². The van der Waals surface area contributed by atoms with Crippen molar-refractivity contribution in [1.82, 2.24) is 5.48 Å². The van der Waals surface area contributed by atoms with Gasteiger partial charge in [-0.15, -0.1) is 0 Å². The van der Waals surface area contributed by atoms with Gasteiger partial charge in [0, 0.05) is 4.83 Å². The highest BCUT2D eigenvalue weighted by molar-refractivity contribution is 9.12. The topological polar surface area (TPSA) is 49.3 Å². The number of amides is 1. The molecule has 2 atom stereocenters. The molecule has 2 N–H and O–H groups in total. The highest BCUT2D eigenvalue weighted by Crippen LogP contribution is 2.40. The van der Waals surface area contributed by atoms with Crippen LogP contribution in [0.3, 0.4) is 0 Å². The lowest BCUT2D eigenvalue weighted by Gasteiger charge is -2.33. The Kier molecular flexibility index (Phi) is 3.55. The Bertz CT molecular complexity index is 188. The summed E-state index contributed by atoms with van der Waals surface area (Å²) in [5.74, 6) is -0.357. The zero-order valence-corrected chi connectivity index (χ0v) is 9.69. The van der Waals surface area contributed by atoms with Crippen molar-refractivity contribution >= 4 is 37.8 Å². The van der Waals surface area contributed by atoms with Crippen molar-refractivity contribution in [3.8, 4) is 0 Å². The van der Waals surface area contributed by atoms with E-state index in [2.05, 4.69) is 31.9 Å². The van der Waals surface area contributed by atoms with Crippen LogP contribution in [0.15, 0.2) is 0 Å². The van der Waals surface area contributed by atoms with Gasteiger partial charge in [-0.1, -0.05) is 44.7 Å². The first-order valence-corrected chi connectivity index (χ1v) is 5.59. The average Bonchev–Trinajstić information content (AvgIpc) is 2.09. The Morgan fingerprint density at radius 2 is 2.25 bits per heavy atom. The summed E-state index contributed by atoms with van der Waals surface area (Å²) < 4.78 is -0.625. The Morgan fingerprint density at radius 3 is 2.75 bits per heavy atom. The van der Waals surface area contributed by atoms with Crippen LogP contribution in [0.5, 0.6) is 0 Å². The lowest BCUT2D eigenvalue weighted by molar-refractivity contribution is -0.132. The number of rotatable bonds is 1. The molecule has 12 heavy (non-hydrogen) atoms. The summed E-state index contributed by atoms with van der Waals surface area (Å²) in [5, 5.41) is 8.52. The largest absolute Gasteiger partial charge is 0.289 e. The minimum Gasteiger partial charge on any atom is -0.289 e. The van der Waals surface area contributed by atoms with Crippen LogP contribution < -0.4 is 5.48 Å². The van der Waals surface area contributed by atoms with E-state index in [1.54, 1.807) is 5.48 Å². The quantitative estimate of drug-likeness (QED) is 0.442. The molecule has 1 fully saturated rings. The number of alkyl halides is 2. The minimum atomic E-state index is -0.625. The van der Waals surface area contributed by atoms with Gasteiger partial charge < -0.3 is 0 Å². The molecule has 0 radical (unpaired) electrons. The lowest BCUT2D eigenvalue weighted by Crippen LogP contribution is -2.48. The van der Waals surface area contributed by atoms with Gasteiger partial charge >= 0.3 is 0 Å². The van der Waals surface area contributed by atoms with Crippen molar-refractivity contribution < 1.29 is 10.0 Å². The summed E-state index contributed by atoms with van der Waals surface area (Å²) in [4.78, 5) is 11.4. The first kappa shape index (κ1) is 10.5. The normalized spacial score (nSPS) is 36.1.